The standard InChI is InChI=1S/C21H27N5O4S/c1-21(10-11-21)26-20(27)30-17-6-2-14(3-7-17)15-12-23-19(24-13-15)25-16-4-8-18(9-5-16)31(22,28)29/h4-5,8-9,12-14,17H,2-3,6-7,10-11H2,1H3,(H,26,27)(H2,22,28,29)(H,23,24,25)/t14-,17+. The van der Waals surface area contributed by atoms with E-state index in [4.69, 9.17) is 9.88 Å². The summed E-state index contributed by atoms with van der Waals surface area (Å²) in [5.41, 5.74) is 1.66. The Bertz CT molecular complexity index is 1030. The summed E-state index contributed by atoms with van der Waals surface area (Å²) >= 11 is 0. The number of anilines is 2. The van der Waals surface area contributed by atoms with E-state index < -0.39 is 10.0 Å². The molecular weight excluding hydrogens is 418 g/mol. The van der Waals surface area contributed by atoms with Gasteiger partial charge < -0.3 is 15.4 Å². The highest BCUT2D eigenvalue weighted by atomic mass is 32.2. The summed E-state index contributed by atoms with van der Waals surface area (Å²) in [6.45, 7) is 2.03. The molecule has 0 bridgehead atoms. The van der Waals surface area contributed by atoms with Gasteiger partial charge in [0.15, 0.2) is 0 Å². The largest absolute Gasteiger partial charge is 0.446 e. The first-order valence-corrected chi connectivity index (χ1v) is 12.0. The number of rotatable bonds is 6. The topological polar surface area (TPSA) is 136 Å². The first-order chi connectivity index (χ1) is 14.7. The van der Waals surface area contributed by atoms with Crippen LogP contribution in [-0.2, 0) is 14.8 Å². The van der Waals surface area contributed by atoms with Gasteiger partial charge in [-0.05, 0) is 81.2 Å². The molecule has 0 radical (unpaired) electrons. The Morgan fingerprint density at radius 2 is 1.71 bits per heavy atom. The van der Waals surface area contributed by atoms with Crippen molar-refractivity contribution in [2.45, 2.75) is 67.9 Å². The fourth-order valence-corrected chi connectivity index (χ4v) is 4.24. The molecule has 1 amide bonds. The second-order valence-corrected chi connectivity index (χ2v) is 10.2. The minimum Gasteiger partial charge on any atom is -0.446 e. The van der Waals surface area contributed by atoms with Crippen LogP contribution in [0.1, 0.15) is 56.9 Å². The molecule has 31 heavy (non-hydrogen) atoms. The molecule has 0 aliphatic heterocycles. The Balaban J connectivity index is 1.27. The molecule has 0 unspecified atom stereocenters. The molecule has 166 valence electrons. The molecule has 4 N–H and O–H groups in total. The van der Waals surface area contributed by atoms with Gasteiger partial charge in [0.2, 0.25) is 16.0 Å². The number of ether oxygens (including phenoxy) is 1. The summed E-state index contributed by atoms with van der Waals surface area (Å²) in [6, 6.07) is 6.08. The van der Waals surface area contributed by atoms with Crippen LogP contribution >= 0.6 is 0 Å². The number of aromatic nitrogens is 2. The molecule has 1 aromatic carbocycles. The number of hydrogen-bond donors (Lipinski definition) is 3. The molecule has 2 saturated carbocycles. The van der Waals surface area contributed by atoms with Gasteiger partial charge in [0, 0.05) is 23.6 Å². The van der Waals surface area contributed by atoms with Crippen molar-refractivity contribution in [3.63, 3.8) is 0 Å². The Hall–Kier alpha value is -2.72. The van der Waals surface area contributed by atoms with Gasteiger partial charge in [-0.1, -0.05) is 0 Å². The summed E-state index contributed by atoms with van der Waals surface area (Å²) < 4.78 is 28.2. The van der Waals surface area contributed by atoms with Gasteiger partial charge in [0.25, 0.3) is 0 Å². The Labute approximate surface area is 181 Å². The zero-order chi connectivity index (χ0) is 22.1. The van der Waals surface area contributed by atoms with Crippen molar-refractivity contribution in [3.8, 4) is 0 Å². The summed E-state index contributed by atoms with van der Waals surface area (Å²) in [7, 11) is -3.72. The second kappa shape index (κ2) is 8.43. The van der Waals surface area contributed by atoms with Gasteiger partial charge in [-0.2, -0.15) is 0 Å². The van der Waals surface area contributed by atoms with E-state index in [-0.39, 0.29) is 22.6 Å². The first-order valence-electron chi connectivity index (χ1n) is 10.4. The number of hydrogen-bond acceptors (Lipinski definition) is 7. The molecule has 1 heterocycles. The quantitative estimate of drug-likeness (QED) is 0.621. The lowest BCUT2D eigenvalue weighted by atomic mass is 9.84. The molecule has 0 atom stereocenters. The number of sulfonamides is 1. The van der Waals surface area contributed by atoms with Crippen LogP contribution in [0.15, 0.2) is 41.6 Å². The third-order valence-electron chi connectivity index (χ3n) is 5.93. The predicted octanol–water partition coefficient (Wildman–Crippen LogP) is 3.17. The SMILES string of the molecule is CC1(NC(=O)O[C@H]2CC[C@@H](c3cnc(Nc4ccc(S(N)(=O)=O)cc4)nc3)CC2)CC1. The number of nitrogens with zero attached hydrogens (tertiary/aromatic N) is 2. The third-order valence-corrected chi connectivity index (χ3v) is 6.86. The highest BCUT2D eigenvalue weighted by Gasteiger charge is 2.39. The zero-order valence-corrected chi connectivity index (χ0v) is 18.2. The smallest absolute Gasteiger partial charge is 0.407 e. The van der Waals surface area contributed by atoms with Crippen molar-refractivity contribution in [2.24, 2.45) is 5.14 Å². The number of nitrogens with one attached hydrogen (secondary N) is 2. The number of carbonyl (C=O) groups is 1. The summed E-state index contributed by atoms with van der Waals surface area (Å²) in [5, 5.41) is 11.1. The Kier molecular flexibility index (Phi) is 5.85. The van der Waals surface area contributed by atoms with E-state index in [2.05, 4.69) is 20.6 Å². The number of nitrogens with two attached hydrogens (primary N) is 1. The lowest BCUT2D eigenvalue weighted by molar-refractivity contribution is 0.0688. The van der Waals surface area contributed by atoms with E-state index in [0.717, 1.165) is 44.1 Å². The summed E-state index contributed by atoms with van der Waals surface area (Å²) in [5.74, 6) is 0.765. The van der Waals surface area contributed by atoms with E-state index in [1.54, 1.807) is 24.5 Å². The lowest BCUT2D eigenvalue weighted by Crippen LogP contribution is -2.37. The van der Waals surface area contributed by atoms with Crippen LogP contribution in [0.5, 0.6) is 0 Å². The molecule has 9 nitrogen and oxygen atoms in total. The van der Waals surface area contributed by atoms with Crippen LogP contribution in [0.4, 0.5) is 16.4 Å². The molecule has 2 aliphatic carbocycles. The average molecular weight is 446 g/mol. The van der Waals surface area contributed by atoms with E-state index in [1.165, 1.54) is 12.1 Å². The minimum atomic E-state index is -3.72. The van der Waals surface area contributed by atoms with Crippen molar-refractivity contribution in [3.05, 3.63) is 42.2 Å². The zero-order valence-electron chi connectivity index (χ0n) is 17.4. The maximum absolute atomic E-state index is 12.0. The van der Waals surface area contributed by atoms with Crippen molar-refractivity contribution >= 4 is 27.8 Å². The average Bonchev–Trinajstić information content (AvgIpc) is 3.45. The van der Waals surface area contributed by atoms with E-state index >= 15 is 0 Å². The van der Waals surface area contributed by atoms with Crippen LogP contribution in [-0.4, -0.2) is 36.1 Å². The minimum absolute atomic E-state index is 0.0410. The van der Waals surface area contributed by atoms with Crippen LogP contribution in [0, 0.1) is 0 Å². The van der Waals surface area contributed by atoms with Gasteiger partial charge >= 0.3 is 6.09 Å². The van der Waals surface area contributed by atoms with Crippen LogP contribution in [0.2, 0.25) is 0 Å². The van der Waals surface area contributed by atoms with Gasteiger partial charge in [-0.25, -0.2) is 28.3 Å². The monoisotopic (exact) mass is 445 g/mol. The lowest BCUT2D eigenvalue weighted by Gasteiger charge is -2.28. The fraction of sp³-hybridized carbons (Fsp3) is 0.476. The number of carbonyl (C=O) groups excluding carboxylic acids is 1. The molecular formula is C21H27N5O4S. The predicted molar refractivity (Wildman–Crippen MR) is 115 cm³/mol. The highest BCUT2D eigenvalue weighted by Crippen LogP contribution is 2.36. The number of alkyl carbamates (subject to hydrolysis) is 1. The van der Waals surface area contributed by atoms with Crippen molar-refractivity contribution in [1.82, 2.24) is 15.3 Å². The summed E-state index contributed by atoms with van der Waals surface area (Å²) in [6.07, 6.45) is 8.78. The normalized spacial score (nSPS) is 22.4. The van der Waals surface area contributed by atoms with Crippen molar-refractivity contribution in [2.75, 3.05) is 5.32 Å². The van der Waals surface area contributed by atoms with E-state index in [1.807, 2.05) is 6.92 Å². The highest BCUT2D eigenvalue weighted by molar-refractivity contribution is 7.89. The second-order valence-electron chi connectivity index (χ2n) is 8.60. The molecule has 2 aliphatic rings. The number of benzene rings is 1. The van der Waals surface area contributed by atoms with Gasteiger partial charge in [0.05, 0.1) is 4.90 Å². The Morgan fingerprint density at radius 3 is 2.26 bits per heavy atom. The number of amides is 1. The van der Waals surface area contributed by atoms with E-state index in [0.29, 0.717) is 17.6 Å². The first kappa shape index (κ1) is 21.5. The fourth-order valence-electron chi connectivity index (χ4n) is 3.72. The maximum Gasteiger partial charge on any atom is 0.407 e. The third kappa shape index (κ3) is 5.71. The van der Waals surface area contributed by atoms with Crippen molar-refractivity contribution < 1.29 is 17.9 Å². The molecule has 2 fully saturated rings. The number of primary sulfonamides is 1. The summed E-state index contributed by atoms with van der Waals surface area (Å²) in [4.78, 5) is 20.8. The molecule has 10 heteroatoms. The van der Waals surface area contributed by atoms with Crippen LogP contribution in [0.3, 0.4) is 0 Å². The maximum atomic E-state index is 12.0. The molecule has 1 aromatic heterocycles. The van der Waals surface area contributed by atoms with E-state index in [9.17, 15) is 13.2 Å². The van der Waals surface area contributed by atoms with Crippen LogP contribution in [0.25, 0.3) is 0 Å². The molecule has 0 saturated heterocycles. The van der Waals surface area contributed by atoms with Gasteiger partial charge in [-0.3, -0.25) is 0 Å². The molecule has 2 aromatic rings. The van der Waals surface area contributed by atoms with Crippen molar-refractivity contribution in [1.29, 1.82) is 0 Å². The van der Waals surface area contributed by atoms with Crippen LogP contribution < -0.4 is 15.8 Å². The van der Waals surface area contributed by atoms with Gasteiger partial charge in [0.1, 0.15) is 6.10 Å². The molecule has 0 spiro atoms. The molecule has 4 rings (SSSR count). The van der Waals surface area contributed by atoms with Gasteiger partial charge in [-0.15, -0.1) is 0 Å². The Morgan fingerprint density at radius 1 is 1.10 bits per heavy atom.